The van der Waals surface area contributed by atoms with Crippen molar-refractivity contribution in [1.82, 2.24) is 5.32 Å². The number of amides is 1. The summed E-state index contributed by atoms with van der Waals surface area (Å²) in [4.78, 5) is 25.8. The molecule has 178 valence electrons. The Hall–Kier alpha value is -2.93. The highest BCUT2D eigenvalue weighted by atomic mass is 32.1. The Morgan fingerprint density at radius 3 is 2.41 bits per heavy atom. The number of halogens is 3. The monoisotopic (exact) mass is 485 g/mol. The highest BCUT2D eigenvalue weighted by Gasteiger charge is 2.34. The van der Waals surface area contributed by atoms with Crippen molar-refractivity contribution in [3.8, 4) is 11.1 Å². The van der Waals surface area contributed by atoms with Crippen LogP contribution in [0.15, 0.2) is 59.3 Å². The number of ketones is 1. The number of alkyl halides is 3. The predicted molar refractivity (Wildman–Crippen MR) is 128 cm³/mol. The van der Waals surface area contributed by atoms with Gasteiger partial charge in [-0.3, -0.25) is 9.59 Å². The molecule has 0 aliphatic heterocycles. The lowest BCUT2D eigenvalue weighted by molar-refractivity contribution is -0.137. The van der Waals surface area contributed by atoms with Gasteiger partial charge in [-0.05, 0) is 77.4 Å². The first kappa shape index (κ1) is 24.2. The average molecular weight is 486 g/mol. The number of hydrogen-bond donors (Lipinski definition) is 1. The summed E-state index contributed by atoms with van der Waals surface area (Å²) in [5.74, 6) is -0.243. The van der Waals surface area contributed by atoms with Crippen LogP contribution in [0.1, 0.15) is 48.9 Å². The van der Waals surface area contributed by atoms with Crippen LogP contribution in [0.3, 0.4) is 0 Å². The number of Topliss-reactive ketones (excluding diaryl/α,β-unsaturated/α-hetero) is 1. The first-order chi connectivity index (χ1) is 16.0. The van der Waals surface area contributed by atoms with Crippen LogP contribution >= 0.6 is 11.3 Å². The third-order valence-electron chi connectivity index (χ3n) is 6.18. The molecule has 34 heavy (non-hydrogen) atoms. The van der Waals surface area contributed by atoms with Crippen LogP contribution in [0, 0.1) is 0 Å². The lowest BCUT2D eigenvalue weighted by Crippen LogP contribution is -2.41. The van der Waals surface area contributed by atoms with Crippen molar-refractivity contribution in [3.05, 3.63) is 81.5 Å². The van der Waals surface area contributed by atoms with Crippen LogP contribution in [-0.2, 0) is 34.0 Å². The minimum atomic E-state index is -4.45. The third kappa shape index (κ3) is 5.58. The standard InChI is InChI=1S/C27H26F3NO2S/c1-26(2,25(33)31-22-7-8-22)20-6-9-24(18-10-11-34-16-18)19(14-20)15-23(32)13-17-4-3-5-21(12-17)27(28,29)30/h3-6,9-12,14,16,22H,7-8,13,15H2,1-2H3,(H,31,33). The van der Waals surface area contributed by atoms with E-state index in [2.05, 4.69) is 5.32 Å². The maximum atomic E-state index is 13.0. The summed E-state index contributed by atoms with van der Waals surface area (Å²) in [5, 5.41) is 6.98. The molecule has 1 saturated carbocycles. The molecular weight excluding hydrogens is 459 g/mol. The van der Waals surface area contributed by atoms with E-state index in [4.69, 9.17) is 0 Å². The number of nitrogens with one attached hydrogen (secondary N) is 1. The van der Waals surface area contributed by atoms with Gasteiger partial charge in [0.05, 0.1) is 11.0 Å². The normalized spacial score (nSPS) is 14.1. The Morgan fingerprint density at radius 1 is 1.00 bits per heavy atom. The zero-order chi connectivity index (χ0) is 24.5. The molecule has 1 aliphatic rings. The summed E-state index contributed by atoms with van der Waals surface area (Å²) >= 11 is 1.54. The second-order valence-corrected chi connectivity index (χ2v) is 10.1. The summed E-state index contributed by atoms with van der Waals surface area (Å²) in [6.07, 6.45) is -2.49. The van der Waals surface area contributed by atoms with Gasteiger partial charge in [0.15, 0.2) is 0 Å². The molecule has 0 spiro atoms. The second kappa shape index (κ2) is 9.37. The summed E-state index contributed by atoms with van der Waals surface area (Å²) in [5.41, 5.74) is 2.21. The molecule has 1 fully saturated rings. The van der Waals surface area contributed by atoms with Crippen LogP contribution < -0.4 is 5.32 Å². The van der Waals surface area contributed by atoms with Gasteiger partial charge in [0.1, 0.15) is 5.78 Å². The molecule has 1 N–H and O–H groups in total. The Balaban J connectivity index is 1.60. The quantitative estimate of drug-likeness (QED) is 0.404. The zero-order valence-corrected chi connectivity index (χ0v) is 19.9. The lowest BCUT2D eigenvalue weighted by Gasteiger charge is -2.25. The van der Waals surface area contributed by atoms with Crippen molar-refractivity contribution in [1.29, 1.82) is 0 Å². The molecule has 7 heteroatoms. The fraction of sp³-hybridized carbons (Fsp3) is 0.333. The molecule has 0 bridgehead atoms. The summed E-state index contributed by atoms with van der Waals surface area (Å²) in [7, 11) is 0. The number of thiophene rings is 1. The van der Waals surface area contributed by atoms with Crippen LogP contribution in [0.4, 0.5) is 13.2 Å². The van der Waals surface area contributed by atoms with E-state index in [0.29, 0.717) is 5.56 Å². The Labute approximate surface area is 201 Å². The topological polar surface area (TPSA) is 46.2 Å². The van der Waals surface area contributed by atoms with E-state index < -0.39 is 17.2 Å². The van der Waals surface area contributed by atoms with Crippen molar-refractivity contribution in [2.75, 3.05) is 0 Å². The van der Waals surface area contributed by atoms with Gasteiger partial charge in [0, 0.05) is 18.9 Å². The van der Waals surface area contributed by atoms with E-state index >= 15 is 0 Å². The third-order valence-corrected chi connectivity index (χ3v) is 6.87. The number of carbonyl (C=O) groups is 2. The number of hydrogen-bond acceptors (Lipinski definition) is 3. The van der Waals surface area contributed by atoms with Gasteiger partial charge >= 0.3 is 6.18 Å². The van der Waals surface area contributed by atoms with E-state index in [1.807, 2.05) is 48.9 Å². The minimum Gasteiger partial charge on any atom is -0.353 e. The van der Waals surface area contributed by atoms with Crippen molar-refractivity contribution in [2.45, 2.75) is 57.2 Å². The molecule has 3 nitrogen and oxygen atoms in total. The first-order valence-corrected chi connectivity index (χ1v) is 12.1. The zero-order valence-electron chi connectivity index (χ0n) is 19.0. The molecule has 1 heterocycles. The van der Waals surface area contributed by atoms with Crippen molar-refractivity contribution in [3.63, 3.8) is 0 Å². The van der Waals surface area contributed by atoms with E-state index in [1.54, 1.807) is 11.3 Å². The summed E-state index contributed by atoms with van der Waals surface area (Å²) < 4.78 is 39.1. The predicted octanol–water partition coefficient (Wildman–Crippen LogP) is 6.34. The summed E-state index contributed by atoms with van der Waals surface area (Å²) in [6.45, 7) is 3.72. The van der Waals surface area contributed by atoms with Gasteiger partial charge in [0.2, 0.25) is 5.91 Å². The number of rotatable bonds is 8. The van der Waals surface area contributed by atoms with E-state index in [0.717, 1.165) is 47.2 Å². The minimum absolute atomic E-state index is 0.0560. The summed E-state index contributed by atoms with van der Waals surface area (Å²) in [6, 6.07) is 12.8. The SMILES string of the molecule is CC(C)(C(=O)NC1CC1)c1ccc(-c2ccsc2)c(CC(=O)Cc2cccc(C(F)(F)F)c2)c1. The Bertz CT molecular complexity index is 1190. The van der Waals surface area contributed by atoms with Crippen LogP contribution in [-0.4, -0.2) is 17.7 Å². The molecule has 4 rings (SSSR count). The molecule has 1 aliphatic carbocycles. The molecule has 2 aromatic carbocycles. The number of benzene rings is 2. The van der Waals surface area contributed by atoms with Gasteiger partial charge in [-0.2, -0.15) is 24.5 Å². The van der Waals surface area contributed by atoms with E-state index in [-0.39, 0.29) is 30.6 Å². The highest BCUT2D eigenvalue weighted by molar-refractivity contribution is 7.08. The van der Waals surface area contributed by atoms with Crippen LogP contribution in [0.5, 0.6) is 0 Å². The van der Waals surface area contributed by atoms with Gasteiger partial charge in [-0.15, -0.1) is 0 Å². The maximum absolute atomic E-state index is 13.0. The van der Waals surface area contributed by atoms with Gasteiger partial charge in [0.25, 0.3) is 0 Å². The van der Waals surface area contributed by atoms with Crippen LogP contribution in [0.2, 0.25) is 0 Å². The fourth-order valence-electron chi connectivity index (χ4n) is 3.91. The molecule has 1 aromatic heterocycles. The van der Waals surface area contributed by atoms with E-state index in [9.17, 15) is 22.8 Å². The van der Waals surface area contributed by atoms with E-state index in [1.165, 1.54) is 12.1 Å². The van der Waals surface area contributed by atoms with Crippen molar-refractivity contribution in [2.24, 2.45) is 0 Å². The molecule has 0 saturated heterocycles. The number of carbonyl (C=O) groups excluding carboxylic acids is 2. The fourth-order valence-corrected chi connectivity index (χ4v) is 4.57. The largest absolute Gasteiger partial charge is 0.416 e. The van der Waals surface area contributed by atoms with Gasteiger partial charge < -0.3 is 5.32 Å². The Kier molecular flexibility index (Phi) is 6.67. The molecule has 1 amide bonds. The smallest absolute Gasteiger partial charge is 0.353 e. The van der Waals surface area contributed by atoms with Crippen molar-refractivity contribution >= 4 is 23.0 Å². The average Bonchev–Trinajstić information content (AvgIpc) is 3.42. The molecule has 3 aromatic rings. The Morgan fingerprint density at radius 2 is 1.76 bits per heavy atom. The molecule has 0 atom stereocenters. The maximum Gasteiger partial charge on any atom is 0.416 e. The first-order valence-electron chi connectivity index (χ1n) is 11.2. The second-order valence-electron chi connectivity index (χ2n) is 9.35. The van der Waals surface area contributed by atoms with Crippen molar-refractivity contribution < 1.29 is 22.8 Å². The van der Waals surface area contributed by atoms with Gasteiger partial charge in [-0.1, -0.05) is 36.4 Å². The lowest BCUT2D eigenvalue weighted by atomic mass is 9.81. The van der Waals surface area contributed by atoms with Crippen LogP contribution in [0.25, 0.3) is 11.1 Å². The molecule has 0 unspecified atom stereocenters. The van der Waals surface area contributed by atoms with Gasteiger partial charge in [-0.25, -0.2) is 0 Å². The molecule has 0 radical (unpaired) electrons. The highest BCUT2D eigenvalue weighted by Crippen LogP contribution is 2.33. The molecular formula is C27H26F3NO2S.